The summed E-state index contributed by atoms with van der Waals surface area (Å²) in [5.74, 6) is -0.395. The number of thiazole rings is 1. The number of anilines is 3. The Bertz CT molecular complexity index is 1150. The van der Waals surface area contributed by atoms with Gasteiger partial charge in [0.15, 0.2) is 5.13 Å². The number of nitrogens with one attached hydrogen (secondary N) is 2. The van der Waals surface area contributed by atoms with Crippen LogP contribution in [-0.2, 0) is 0 Å². The van der Waals surface area contributed by atoms with Crippen LogP contribution in [0.2, 0.25) is 0 Å². The van der Waals surface area contributed by atoms with Crippen molar-refractivity contribution in [3.05, 3.63) is 72.3 Å². The molecule has 4 rings (SSSR count). The van der Waals surface area contributed by atoms with Crippen LogP contribution < -0.4 is 15.4 Å². The summed E-state index contributed by atoms with van der Waals surface area (Å²) in [6.07, 6.45) is 3.37. The molecule has 2 N–H and O–H groups in total. The third-order valence-corrected chi connectivity index (χ3v) is 4.88. The van der Waals surface area contributed by atoms with Crippen molar-refractivity contribution in [2.75, 3.05) is 17.7 Å². The fourth-order valence-electron chi connectivity index (χ4n) is 2.69. The molecule has 0 aliphatic carbocycles. The van der Waals surface area contributed by atoms with Crippen LogP contribution in [0, 0.1) is 5.82 Å². The monoisotopic (exact) mass is 394 g/mol. The summed E-state index contributed by atoms with van der Waals surface area (Å²) in [6, 6.07) is 13.4. The number of aromatic nitrogens is 2. The average molecular weight is 394 g/mol. The minimum Gasteiger partial charge on any atom is -0.494 e. The van der Waals surface area contributed by atoms with Crippen LogP contribution in [0.15, 0.2) is 60.9 Å². The molecule has 2 aromatic heterocycles. The van der Waals surface area contributed by atoms with Crippen molar-refractivity contribution >= 4 is 44.0 Å². The van der Waals surface area contributed by atoms with E-state index >= 15 is 0 Å². The molecule has 0 fully saturated rings. The lowest BCUT2D eigenvalue weighted by Gasteiger charge is -2.08. The first-order chi connectivity index (χ1) is 13.6. The second-order valence-corrected chi connectivity index (χ2v) is 6.90. The Morgan fingerprint density at radius 2 is 1.93 bits per heavy atom. The summed E-state index contributed by atoms with van der Waals surface area (Å²) >= 11 is 1.19. The number of amides is 1. The van der Waals surface area contributed by atoms with Crippen molar-refractivity contribution in [2.45, 2.75) is 0 Å². The lowest BCUT2D eigenvalue weighted by molar-refractivity contribution is 0.102. The fourth-order valence-corrected chi connectivity index (χ4v) is 3.59. The predicted molar refractivity (Wildman–Crippen MR) is 108 cm³/mol. The Morgan fingerprint density at radius 1 is 1.11 bits per heavy atom. The zero-order chi connectivity index (χ0) is 19.5. The lowest BCUT2D eigenvalue weighted by atomic mass is 10.2. The second-order valence-electron chi connectivity index (χ2n) is 5.87. The molecule has 2 heterocycles. The number of pyridine rings is 1. The van der Waals surface area contributed by atoms with Gasteiger partial charge in [0.05, 0.1) is 11.8 Å². The molecule has 1 amide bonds. The predicted octanol–water partition coefficient (Wildman–Crippen LogP) is 4.83. The van der Waals surface area contributed by atoms with Crippen LogP contribution in [0.3, 0.4) is 0 Å². The van der Waals surface area contributed by atoms with Gasteiger partial charge in [0.25, 0.3) is 5.91 Å². The molecule has 0 unspecified atom stereocenters. The number of fused-ring (bicyclic) bond motifs is 1. The molecule has 2 aromatic carbocycles. The normalized spacial score (nSPS) is 10.6. The van der Waals surface area contributed by atoms with E-state index in [1.807, 2.05) is 18.2 Å². The first-order valence-corrected chi connectivity index (χ1v) is 9.16. The maximum atomic E-state index is 13.6. The zero-order valence-corrected chi connectivity index (χ0v) is 15.6. The maximum absolute atomic E-state index is 13.6. The van der Waals surface area contributed by atoms with Crippen molar-refractivity contribution in [3.8, 4) is 5.75 Å². The third kappa shape index (κ3) is 3.77. The van der Waals surface area contributed by atoms with Gasteiger partial charge in [-0.25, -0.2) is 9.37 Å². The highest BCUT2D eigenvalue weighted by molar-refractivity contribution is 7.22. The SMILES string of the molecule is COc1cc(F)cc2sc(NC(=O)c3cccc(Nc4ccncc4)c3)nc12. The summed E-state index contributed by atoms with van der Waals surface area (Å²) in [5, 5.41) is 6.35. The van der Waals surface area contributed by atoms with E-state index in [0.717, 1.165) is 11.4 Å². The molecule has 0 radical (unpaired) electrons. The van der Waals surface area contributed by atoms with E-state index in [-0.39, 0.29) is 5.91 Å². The molecule has 0 spiro atoms. The quantitative estimate of drug-likeness (QED) is 0.507. The highest BCUT2D eigenvalue weighted by atomic mass is 32.1. The minimum atomic E-state index is -0.416. The van der Waals surface area contributed by atoms with Gasteiger partial charge in [-0.15, -0.1) is 0 Å². The number of hydrogen-bond acceptors (Lipinski definition) is 6. The van der Waals surface area contributed by atoms with Gasteiger partial charge >= 0.3 is 0 Å². The van der Waals surface area contributed by atoms with E-state index in [4.69, 9.17) is 4.74 Å². The van der Waals surface area contributed by atoms with E-state index < -0.39 is 5.82 Å². The van der Waals surface area contributed by atoms with Gasteiger partial charge in [0.1, 0.15) is 17.1 Å². The Morgan fingerprint density at radius 3 is 2.71 bits per heavy atom. The van der Waals surface area contributed by atoms with E-state index in [0.29, 0.717) is 26.7 Å². The number of methoxy groups -OCH3 is 1. The average Bonchev–Trinajstić information content (AvgIpc) is 3.10. The van der Waals surface area contributed by atoms with Crippen molar-refractivity contribution in [1.82, 2.24) is 9.97 Å². The molecule has 0 aliphatic heterocycles. The summed E-state index contributed by atoms with van der Waals surface area (Å²) in [6.45, 7) is 0. The lowest BCUT2D eigenvalue weighted by Crippen LogP contribution is -2.11. The Labute approximate surface area is 164 Å². The van der Waals surface area contributed by atoms with E-state index in [2.05, 4.69) is 20.6 Å². The maximum Gasteiger partial charge on any atom is 0.257 e. The molecule has 0 bridgehead atoms. The highest BCUT2D eigenvalue weighted by Crippen LogP contribution is 2.33. The van der Waals surface area contributed by atoms with Gasteiger partial charge in [-0.2, -0.15) is 0 Å². The molecule has 6 nitrogen and oxygen atoms in total. The van der Waals surface area contributed by atoms with Crippen LogP contribution in [0.1, 0.15) is 10.4 Å². The molecule has 28 heavy (non-hydrogen) atoms. The zero-order valence-electron chi connectivity index (χ0n) is 14.8. The number of rotatable bonds is 5. The van der Waals surface area contributed by atoms with Crippen molar-refractivity contribution in [2.24, 2.45) is 0 Å². The van der Waals surface area contributed by atoms with Gasteiger partial charge in [-0.1, -0.05) is 17.4 Å². The smallest absolute Gasteiger partial charge is 0.257 e. The van der Waals surface area contributed by atoms with E-state index in [1.165, 1.54) is 30.6 Å². The number of halogens is 1. The third-order valence-electron chi connectivity index (χ3n) is 3.96. The minimum absolute atomic E-state index is 0.308. The number of carbonyl (C=O) groups excluding carboxylic acids is 1. The topological polar surface area (TPSA) is 76.1 Å². The molecular weight excluding hydrogens is 379 g/mol. The Hall–Kier alpha value is -3.52. The summed E-state index contributed by atoms with van der Waals surface area (Å²) in [7, 11) is 1.45. The molecule has 0 saturated carbocycles. The van der Waals surface area contributed by atoms with Crippen LogP contribution in [0.4, 0.5) is 20.9 Å². The van der Waals surface area contributed by atoms with Gasteiger partial charge in [0.2, 0.25) is 0 Å². The van der Waals surface area contributed by atoms with E-state index in [1.54, 1.807) is 30.6 Å². The molecule has 0 atom stereocenters. The molecule has 0 saturated heterocycles. The summed E-state index contributed by atoms with van der Waals surface area (Å²) in [4.78, 5) is 21.0. The molecule has 4 aromatic rings. The van der Waals surface area contributed by atoms with Crippen molar-refractivity contribution < 1.29 is 13.9 Å². The molecular formula is C20H15FN4O2S. The number of nitrogens with zero attached hydrogens (tertiary/aromatic N) is 2. The fraction of sp³-hybridized carbons (Fsp3) is 0.0500. The molecule has 0 aliphatic rings. The van der Waals surface area contributed by atoms with Crippen LogP contribution in [-0.4, -0.2) is 23.0 Å². The number of carbonyl (C=O) groups is 1. The number of hydrogen-bond donors (Lipinski definition) is 2. The largest absolute Gasteiger partial charge is 0.494 e. The van der Waals surface area contributed by atoms with Gasteiger partial charge < -0.3 is 10.1 Å². The Kier molecular flexibility index (Phi) is 4.86. The molecule has 8 heteroatoms. The van der Waals surface area contributed by atoms with Crippen LogP contribution >= 0.6 is 11.3 Å². The second kappa shape index (κ2) is 7.61. The molecule has 140 valence electrons. The number of benzene rings is 2. The van der Waals surface area contributed by atoms with Crippen molar-refractivity contribution in [3.63, 3.8) is 0 Å². The van der Waals surface area contributed by atoms with Gasteiger partial charge in [-0.05, 0) is 36.4 Å². The van der Waals surface area contributed by atoms with Crippen molar-refractivity contribution in [1.29, 1.82) is 0 Å². The standard InChI is InChI=1S/C20H15FN4O2S/c1-27-16-10-13(21)11-17-18(16)24-20(28-17)25-19(26)12-3-2-4-15(9-12)23-14-5-7-22-8-6-14/h2-11H,1H3,(H,22,23)(H,24,25,26). The Balaban J connectivity index is 1.55. The number of ether oxygens (including phenoxy) is 1. The summed E-state index contributed by atoms with van der Waals surface area (Å²) in [5.41, 5.74) is 2.62. The van der Waals surface area contributed by atoms with Crippen LogP contribution in [0.25, 0.3) is 10.2 Å². The van der Waals surface area contributed by atoms with Gasteiger partial charge in [-0.3, -0.25) is 15.1 Å². The summed E-state index contributed by atoms with van der Waals surface area (Å²) < 4.78 is 19.4. The van der Waals surface area contributed by atoms with E-state index in [9.17, 15) is 9.18 Å². The van der Waals surface area contributed by atoms with Crippen LogP contribution in [0.5, 0.6) is 5.75 Å². The highest BCUT2D eigenvalue weighted by Gasteiger charge is 2.14. The first-order valence-electron chi connectivity index (χ1n) is 8.35. The van der Waals surface area contributed by atoms with Gasteiger partial charge in [0, 0.05) is 35.4 Å². The first kappa shape index (κ1) is 17.9.